The Balaban J connectivity index is 3.43. The van der Waals surface area contributed by atoms with Gasteiger partial charge in [0, 0.05) is 12.8 Å². The van der Waals surface area contributed by atoms with Crippen LogP contribution in [0.25, 0.3) is 0 Å². The van der Waals surface area contributed by atoms with Gasteiger partial charge in [-0.15, -0.1) is 0 Å². The lowest BCUT2D eigenvalue weighted by molar-refractivity contribution is -0.143. The number of ether oxygens (including phenoxy) is 1. The van der Waals surface area contributed by atoms with Crippen LogP contribution in [-0.2, 0) is 14.3 Å². The second-order valence-corrected chi connectivity index (χ2v) is 18.2. The molecule has 0 aliphatic rings. The summed E-state index contributed by atoms with van der Waals surface area (Å²) < 4.78 is 5.47. The second-order valence-electron chi connectivity index (χ2n) is 18.2. The number of aliphatic hydroxyl groups is 2. The third kappa shape index (κ3) is 45.9. The van der Waals surface area contributed by atoms with E-state index in [2.05, 4.69) is 31.3 Å². The number of nitrogens with one attached hydrogen (secondary N) is 1. The zero-order valence-electron chi connectivity index (χ0n) is 39.7. The van der Waals surface area contributed by atoms with Gasteiger partial charge in [-0.2, -0.15) is 0 Å². The fourth-order valence-electron chi connectivity index (χ4n) is 8.22. The maximum atomic E-state index is 12.4. The van der Waals surface area contributed by atoms with E-state index in [9.17, 15) is 19.8 Å². The van der Waals surface area contributed by atoms with Crippen molar-refractivity contribution in [3.63, 3.8) is 0 Å². The quantitative estimate of drug-likeness (QED) is 0.0322. The third-order valence-corrected chi connectivity index (χ3v) is 12.3. The number of allylic oxidation sites excluding steroid dienone is 2. The highest BCUT2D eigenvalue weighted by atomic mass is 16.5. The van der Waals surface area contributed by atoms with Crippen LogP contribution < -0.4 is 5.32 Å². The van der Waals surface area contributed by atoms with E-state index in [4.69, 9.17) is 4.74 Å². The number of unbranched alkanes of at least 4 members (excludes halogenated alkanes) is 36. The van der Waals surface area contributed by atoms with Crippen LogP contribution in [0.3, 0.4) is 0 Å². The zero-order valence-corrected chi connectivity index (χ0v) is 39.7. The SMILES string of the molecule is CCCCCCCC/C=C\CCCCCCCCCCCC(=O)OCCCCCCCCCCCCCC(=O)NC(CO)C(O)CCCCCCCCCCCCCC. The molecule has 59 heavy (non-hydrogen) atoms. The molecule has 2 unspecified atom stereocenters. The molecule has 6 heteroatoms. The summed E-state index contributed by atoms with van der Waals surface area (Å²) in [7, 11) is 0. The van der Waals surface area contributed by atoms with Crippen LogP contribution in [0.2, 0.25) is 0 Å². The highest BCUT2D eigenvalue weighted by Crippen LogP contribution is 2.16. The van der Waals surface area contributed by atoms with Gasteiger partial charge in [0.1, 0.15) is 0 Å². The number of carbonyl (C=O) groups excluding carboxylic acids is 2. The summed E-state index contributed by atoms with van der Waals surface area (Å²) in [5, 5.41) is 23.2. The molecule has 0 aromatic carbocycles. The Hall–Kier alpha value is -1.40. The summed E-state index contributed by atoms with van der Waals surface area (Å²) in [4.78, 5) is 24.5. The fraction of sp³-hybridized carbons (Fsp3) is 0.925. The predicted octanol–water partition coefficient (Wildman–Crippen LogP) is 15.7. The fourth-order valence-corrected chi connectivity index (χ4v) is 8.22. The number of esters is 1. The van der Waals surface area contributed by atoms with Crippen LogP contribution in [0.1, 0.15) is 290 Å². The molecular formula is C53H103NO5. The van der Waals surface area contributed by atoms with E-state index in [1.54, 1.807) is 0 Å². The Morgan fingerprint density at radius 3 is 1.20 bits per heavy atom. The molecule has 0 radical (unpaired) electrons. The van der Waals surface area contributed by atoms with E-state index < -0.39 is 12.1 Å². The molecule has 3 N–H and O–H groups in total. The molecule has 6 nitrogen and oxygen atoms in total. The van der Waals surface area contributed by atoms with Crippen molar-refractivity contribution in [3.8, 4) is 0 Å². The summed E-state index contributed by atoms with van der Waals surface area (Å²) in [6, 6.07) is -0.554. The first kappa shape index (κ1) is 57.6. The van der Waals surface area contributed by atoms with Crippen molar-refractivity contribution in [2.75, 3.05) is 13.2 Å². The first-order valence-electron chi connectivity index (χ1n) is 26.4. The van der Waals surface area contributed by atoms with Crippen LogP contribution >= 0.6 is 0 Å². The van der Waals surface area contributed by atoms with Gasteiger partial charge in [0.05, 0.1) is 25.4 Å². The Morgan fingerprint density at radius 1 is 0.458 bits per heavy atom. The average molecular weight is 834 g/mol. The molecule has 0 saturated carbocycles. The summed E-state index contributed by atoms with van der Waals surface area (Å²) >= 11 is 0. The van der Waals surface area contributed by atoms with Gasteiger partial charge in [0.2, 0.25) is 5.91 Å². The van der Waals surface area contributed by atoms with E-state index in [1.165, 1.54) is 199 Å². The molecule has 2 atom stereocenters. The summed E-state index contributed by atoms with van der Waals surface area (Å²) in [6.07, 6.45) is 56.1. The molecule has 0 aromatic heterocycles. The number of hydrogen-bond acceptors (Lipinski definition) is 5. The monoisotopic (exact) mass is 834 g/mol. The molecule has 0 bridgehead atoms. The molecule has 0 aliphatic carbocycles. The van der Waals surface area contributed by atoms with Gasteiger partial charge >= 0.3 is 5.97 Å². The summed E-state index contributed by atoms with van der Waals surface area (Å²) in [6.45, 7) is 4.91. The highest BCUT2D eigenvalue weighted by molar-refractivity contribution is 5.76. The standard InChI is InChI=1S/C53H103NO5/c1-3-5-7-9-11-13-15-17-18-19-20-21-22-23-27-31-35-39-43-47-53(58)59-48-44-40-36-32-28-24-26-30-34-38-42-46-52(57)54-50(49-55)51(56)45-41-37-33-29-25-16-14-12-10-8-6-4-2/h17-18,50-51,55-56H,3-16,19-49H2,1-2H3,(H,54,57)/b18-17-. The van der Waals surface area contributed by atoms with Crippen molar-refractivity contribution in [2.24, 2.45) is 0 Å². The zero-order chi connectivity index (χ0) is 43.0. The molecule has 1 amide bonds. The van der Waals surface area contributed by atoms with E-state index >= 15 is 0 Å². The van der Waals surface area contributed by atoms with Crippen molar-refractivity contribution in [3.05, 3.63) is 12.2 Å². The molecule has 0 rings (SSSR count). The van der Waals surface area contributed by atoms with Gasteiger partial charge in [-0.1, -0.05) is 238 Å². The van der Waals surface area contributed by atoms with Crippen molar-refractivity contribution in [2.45, 2.75) is 302 Å². The third-order valence-electron chi connectivity index (χ3n) is 12.3. The van der Waals surface area contributed by atoms with Crippen molar-refractivity contribution in [1.82, 2.24) is 5.32 Å². The predicted molar refractivity (Wildman–Crippen MR) is 255 cm³/mol. The van der Waals surface area contributed by atoms with Gasteiger partial charge in [-0.05, 0) is 51.4 Å². The maximum absolute atomic E-state index is 12.4. The number of aliphatic hydroxyl groups excluding tert-OH is 2. The van der Waals surface area contributed by atoms with Crippen molar-refractivity contribution >= 4 is 11.9 Å². The van der Waals surface area contributed by atoms with Gasteiger partial charge in [0.25, 0.3) is 0 Å². The van der Waals surface area contributed by atoms with Gasteiger partial charge < -0.3 is 20.3 Å². The Kier molecular flexibility index (Phi) is 48.1. The lowest BCUT2D eigenvalue weighted by atomic mass is 10.0. The van der Waals surface area contributed by atoms with Gasteiger partial charge in [-0.25, -0.2) is 0 Å². The summed E-state index contributed by atoms with van der Waals surface area (Å²) in [5.41, 5.74) is 0. The van der Waals surface area contributed by atoms with Crippen LogP contribution in [0.5, 0.6) is 0 Å². The molecule has 0 heterocycles. The van der Waals surface area contributed by atoms with Crippen LogP contribution in [0.4, 0.5) is 0 Å². The van der Waals surface area contributed by atoms with Crippen LogP contribution in [0, 0.1) is 0 Å². The molecule has 0 aromatic rings. The lowest BCUT2D eigenvalue weighted by Gasteiger charge is -2.22. The van der Waals surface area contributed by atoms with Crippen molar-refractivity contribution < 1.29 is 24.5 Å². The van der Waals surface area contributed by atoms with Crippen molar-refractivity contribution in [1.29, 1.82) is 0 Å². The Labute approximate surface area is 368 Å². The van der Waals surface area contributed by atoms with Crippen LogP contribution in [0.15, 0.2) is 12.2 Å². The van der Waals surface area contributed by atoms with E-state index in [1.807, 2.05) is 0 Å². The van der Waals surface area contributed by atoms with Gasteiger partial charge in [-0.3, -0.25) is 9.59 Å². The van der Waals surface area contributed by atoms with E-state index in [0.29, 0.717) is 25.9 Å². The first-order valence-corrected chi connectivity index (χ1v) is 26.4. The van der Waals surface area contributed by atoms with Crippen LogP contribution in [-0.4, -0.2) is 47.4 Å². The highest BCUT2D eigenvalue weighted by Gasteiger charge is 2.20. The maximum Gasteiger partial charge on any atom is 0.305 e. The van der Waals surface area contributed by atoms with E-state index in [0.717, 1.165) is 57.8 Å². The smallest absolute Gasteiger partial charge is 0.305 e. The number of rotatable bonds is 49. The minimum Gasteiger partial charge on any atom is -0.466 e. The minimum absolute atomic E-state index is 0.0139. The van der Waals surface area contributed by atoms with Gasteiger partial charge in [0.15, 0.2) is 0 Å². The molecule has 0 spiro atoms. The molecule has 0 saturated heterocycles. The number of amides is 1. The molecule has 0 aliphatic heterocycles. The first-order chi connectivity index (χ1) is 29.0. The Bertz CT molecular complexity index is 878. The minimum atomic E-state index is -0.675. The Morgan fingerprint density at radius 2 is 0.797 bits per heavy atom. The number of carbonyl (C=O) groups is 2. The molecular weight excluding hydrogens is 731 g/mol. The lowest BCUT2D eigenvalue weighted by Crippen LogP contribution is -2.45. The second kappa shape index (κ2) is 49.3. The topological polar surface area (TPSA) is 95.9 Å². The summed E-state index contributed by atoms with van der Waals surface area (Å²) in [5.74, 6) is -0.0675. The van der Waals surface area contributed by atoms with E-state index in [-0.39, 0.29) is 18.5 Å². The average Bonchev–Trinajstić information content (AvgIpc) is 3.24. The number of hydrogen-bond donors (Lipinski definition) is 3. The normalized spacial score (nSPS) is 12.7. The molecule has 350 valence electrons. The largest absolute Gasteiger partial charge is 0.466 e. The molecule has 0 fully saturated rings.